The first kappa shape index (κ1) is 11.9. The van der Waals surface area contributed by atoms with Crippen LogP contribution in [0.15, 0.2) is 47.1 Å². The molecule has 0 unspecified atom stereocenters. The van der Waals surface area contributed by atoms with Crippen LogP contribution in [0.5, 0.6) is 0 Å². The van der Waals surface area contributed by atoms with Gasteiger partial charge in [-0.15, -0.1) is 0 Å². The van der Waals surface area contributed by atoms with Crippen LogP contribution >= 0.6 is 15.9 Å². The molecule has 0 fully saturated rings. The molecule has 1 aromatic heterocycles. The fourth-order valence-electron chi connectivity index (χ4n) is 2.38. The van der Waals surface area contributed by atoms with Crippen molar-refractivity contribution in [3.05, 3.63) is 52.7 Å². The highest BCUT2D eigenvalue weighted by Gasteiger charge is 2.11. The zero-order chi connectivity index (χ0) is 12.4. The number of rotatable bonds is 3. The highest BCUT2D eigenvalue weighted by atomic mass is 79.9. The monoisotopic (exact) mass is 302 g/mol. The van der Waals surface area contributed by atoms with Crippen molar-refractivity contribution in [3.8, 4) is 0 Å². The first-order chi connectivity index (χ1) is 8.84. The lowest BCUT2D eigenvalue weighted by Crippen LogP contribution is -2.25. The Labute approximate surface area is 115 Å². The van der Waals surface area contributed by atoms with Gasteiger partial charge in [0.05, 0.1) is 5.52 Å². The number of hydrogen-bond acceptors (Lipinski definition) is 2. The van der Waals surface area contributed by atoms with Gasteiger partial charge in [0.1, 0.15) is 0 Å². The second-order valence-electron chi connectivity index (χ2n) is 4.63. The van der Waals surface area contributed by atoms with Crippen molar-refractivity contribution in [2.24, 2.45) is 0 Å². The lowest BCUT2D eigenvalue weighted by molar-refractivity contribution is 0.539. The summed E-state index contributed by atoms with van der Waals surface area (Å²) in [5.41, 5.74) is 2.35. The van der Waals surface area contributed by atoms with E-state index >= 15 is 0 Å². The fourth-order valence-corrected chi connectivity index (χ4v) is 2.83. The predicted molar refractivity (Wildman–Crippen MR) is 78.4 cm³/mol. The molecule has 18 heavy (non-hydrogen) atoms. The third kappa shape index (κ3) is 2.33. The van der Waals surface area contributed by atoms with Crippen LogP contribution in [-0.4, -0.2) is 11.0 Å². The zero-order valence-electron chi connectivity index (χ0n) is 10.1. The van der Waals surface area contributed by atoms with E-state index in [9.17, 15) is 0 Å². The van der Waals surface area contributed by atoms with Crippen molar-refractivity contribution in [2.45, 2.75) is 25.4 Å². The van der Waals surface area contributed by atoms with Crippen LogP contribution in [-0.2, 0) is 6.54 Å². The average Bonchev–Trinajstić information content (AvgIpc) is 2.92. The molecule has 0 saturated heterocycles. The summed E-state index contributed by atoms with van der Waals surface area (Å²) in [6, 6.07) is 8.92. The number of fused-ring (bicyclic) bond motifs is 1. The normalized spacial score (nSPS) is 15.6. The second-order valence-corrected chi connectivity index (χ2v) is 5.48. The van der Waals surface area contributed by atoms with E-state index in [0.29, 0.717) is 6.04 Å². The summed E-state index contributed by atoms with van der Waals surface area (Å²) in [6.07, 6.45) is 8.63. The Hall–Kier alpha value is -1.19. The molecule has 0 spiro atoms. The lowest BCUT2D eigenvalue weighted by Gasteiger charge is -2.13. The largest absolute Gasteiger partial charge is 0.309 e. The van der Waals surface area contributed by atoms with Crippen molar-refractivity contribution in [1.29, 1.82) is 0 Å². The Bertz CT molecular complexity index is 584. The number of benzene rings is 1. The van der Waals surface area contributed by atoms with Gasteiger partial charge in [0, 0.05) is 28.6 Å². The molecular formula is C15H15BrN2. The Morgan fingerprint density at radius 2 is 2.06 bits per heavy atom. The summed E-state index contributed by atoms with van der Waals surface area (Å²) in [4.78, 5) is 4.50. The van der Waals surface area contributed by atoms with Gasteiger partial charge >= 0.3 is 0 Å². The Morgan fingerprint density at radius 3 is 2.89 bits per heavy atom. The van der Waals surface area contributed by atoms with Gasteiger partial charge in [-0.1, -0.05) is 40.2 Å². The quantitative estimate of drug-likeness (QED) is 0.872. The number of halogens is 1. The van der Waals surface area contributed by atoms with E-state index in [2.05, 4.69) is 56.6 Å². The average molecular weight is 303 g/mol. The van der Waals surface area contributed by atoms with Gasteiger partial charge in [-0.05, 0) is 30.5 Å². The van der Waals surface area contributed by atoms with Gasteiger partial charge in [-0.3, -0.25) is 4.98 Å². The molecule has 1 aliphatic rings. The van der Waals surface area contributed by atoms with E-state index < -0.39 is 0 Å². The van der Waals surface area contributed by atoms with Crippen LogP contribution in [0.2, 0.25) is 0 Å². The van der Waals surface area contributed by atoms with Crippen molar-refractivity contribution < 1.29 is 0 Å². The maximum absolute atomic E-state index is 4.50. The molecule has 92 valence electrons. The molecule has 3 heteroatoms. The number of hydrogen-bond donors (Lipinski definition) is 1. The highest BCUT2D eigenvalue weighted by Crippen LogP contribution is 2.25. The number of aromatic nitrogens is 1. The van der Waals surface area contributed by atoms with Gasteiger partial charge in [-0.2, -0.15) is 0 Å². The minimum atomic E-state index is 0.590. The molecule has 1 heterocycles. The molecule has 2 nitrogen and oxygen atoms in total. The van der Waals surface area contributed by atoms with Crippen molar-refractivity contribution in [1.82, 2.24) is 10.3 Å². The second kappa shape index (κ2) is 5.21. The first-order valence-electron chi connectivity index (χ1n) is 6.25. The third-order valence-electron chi connectivity index (χ3n) is 3.39. The molecule has 0 amide bonds. The van der Waals surface area contributed by atoms with E-state index in [1.165, 1.54) is 10.9 Å². The molecular weight excluding hydrogens is 288 g/mol. The molecule has 2 aromatic rings. The Morgan fingerprint density at radius 1 is 1.22 bits per heavy atom. The molecule has 0 atom stereocenters. The van der Waals surface area contributed by atoms with Crippen LogP contribution in [0.1, 0.15) is 18.4 Å². The molecule has 0 bridgehead atoms. The van der Waals surface area contributed by atoms with Gasteiger partial charge in [0.2, 0.25) is 0 Å². The van der Waals surface area contributed by atoms with Gasteiger partial charge in [0.25, 0.3) is 0 Å². The molecule has 0 saturated carbocycles. The third-order valence-corrected chi connectivity index (χ3v) is 4.08. The van der Waals surface area contributed by atoms with Gasteiger partial charge in [-0.25, -0.2) is 0 Å². The Balaban J connectivity index is 1.85. The Kier molecular flexibility index (Phi) is 3.43. The number of pyridine rings is 1. The summed E-state index contributed by atoms with van der Waals surface area (Å²) in [7, 11) is 0. The van der Waals surface area contributed by atoms with Crippen LogP contribution in [0.4, 0.5) is 0 Å². The van der Waals surface area contributed by atoms with Crippen LogP contribution in [0.3, 0.4) is 0 Å². The molecule has 1 aromatic carbocycles. The van der Waals surface area contributed by atoms with Crippen molar-refractivity contribution in [2.75, 3.05) is 0 Å². The molecule has 1 aliphatic carbocycles. The summed E-state index contributed by atoms with van der Waals surface area (Å²) in [5, 5.41) is 4.77. The van der Waals surface area contributed by atoms with E-state index in [0.717, 1.165) is 29.4 Å². The minimum Gasteiger partial charge on any atom is -0.309 e. The molecule has 1 N–H and O–H groups in total. The topological polar surface area (TPSA) is 24.9 Å². The fraction of sp³-hybridized carbons (Fsp3) is 0.267. The summed E-state index contributed by atoms with van der Waals surface area (Å²) in [6.45, 7) is 0.882. The van der Waals surface area contributed by atoms with E-state index in [4.69, 9.17) is 0 Å². The van der Waals surface area contributed by atoms with Crippen LogP contribution < -0.4 is 5.32 Å². The van der Waals surface area contributed by atoms with Crippen LogP contribution in [0.25, 0.3) is 10.9 Å². The van der Waals surface area contributed by atoms with E-state index in [-0.39, 0.29) is 0 Å². The van der Waals surface area contributed by atoms with Crippen LogP contribution in [0, 0.1) is 0 Å². The van der Waals surface area contributed by atoms with Crippen molar-refractivity contribution >= 4 is 26.8 Å². The standard InChI is InChI=1S/C15H15BrN2/c16-14-8-7-11(10-18-12-4-1-2-5-12)15-13(14)6-3-9-17-15/h1-3,6-9,12,18H,4-5,10H2. The summed E-state index contributed by atoms with van der Waals surface area (Å²) in [5.74, 6) is 0. The predicted octanol–water partition coefficient (Wildman–Crippen LogP) is 3.81. The maximum atomic E-state index is 4.50. The first-order valence-corrected chi connectivity index (χ1v) is 7.04. The lowest BCUT2D eigenvalue weighted by atomic mass is 10.1. The minimum absolute atomic E-state index is 0.590. The van der Waals surface area contributed by atoms with Gasteiger partial charge < -0.3 is 5.32 Å². The van der Waals surface area contributed by atoms with E-state index in [1.54, 1.807) is 0 Å². The number of nitrogens with one attached hydrogen (secondary N) is 1. The van der Waals surface area contributed by atoms with Gasteiger partial charge in [0.15, 0.2) is 0 Å². The summed E-state index contributed by atoms with van der Waals surface area (Å²) >= 11 is 3.58. The SMILES string of the molecule is Brc1ccc(CNC2CC=CC2)c2ncccc12. The molecule has 0 aliphatic heterocycles. The smallest absolute Gasteiger partial charge is 0.0758 e. The molecule has 0 radical (unpaired) electrons. The summed E-state index contributed by atoms with van der Waals surface area (Å²) < 4.78 is 1.11. The molecule has 3 rings (SSSR count). The zero-order valence-corrected chi connectivity index (χ0v) is 11.7. The van der Waals surface area contributed by atoms with E-state index in [1.807, 2.05) is 12.3 Å². The maximum Gasteiger partial charge on any atom is 0.0758 e. The highest BCUT2D eigenvalue weighted by molar-refractivity contribution is 9.10. The van der Waals surface area contributed by atoms with Crippen molar-refractivity contribution in [3.63, 3.8) is 0 Å². The number of nitrogens with zero attached hydrogens (tertiary/aromatic N) is 1.